The van der Waals surface area contributed by atoms with Gasteiger partial charge in [-0.25, -0.2) is 4.39 Å². The molecule has 7 heteroatoms. The van der Waals surface area contributed by atoms with Gasteiger partial charge in [-0.3, -0.25) is 9.59 Å². The molecule has 1 aliphatic rings. The minimum atomic E-state index is -0.754. The highest BCUT2D eigenvalue weighted by molar-refractivity contribution is 6.03. The predicted octanol–water partition coefficient (Wildman–Crippen LogP) is 3.49. The van der Waals surface area contributed by atoms with Crippen LogP contribution in [0.15, 0.2) is 48.5 Å². The molecule has 2 atom stereocenters. The zero-order valence-corrected chi connectivity index (χ0v) is 16.8. The van der Waals surface area contributed by atoms with Crippen molar-refractivity contribution in [3.63, 3.8) is 0 Å². The molecule has 1 aliphatic heterocycles. The van der Waals surface area contributed by atoms with Gasteiger partial charge >= 0.3 is 0 Å². The van der Waals surface area contributed by atoms with E-state index in [0.717, 1.165) is 31.4 Å². The standard InChI is InChI=1S/C23H25FN4O2/c1-14-10-11-17(24)16-13-19(27-20(14)16)22(29)28-21(18-9-5-6-12-25-18)23(30)26-15-7-3-2-4-8-15/h2-4,7-8,10-11,13,18,21,25,27H,5-6,9,12H2,1H3,(H,26,30)(H,28,29). The van der Waals surface area contributed by atoms with Crippen LogP contribution in [0.3, 0.4) is 0 Å². The normalized spacial score (nSPS) is 17.5. The lowest BCUT2D eigenvalue weighted by molar-refractivity contribution is -0.118. The van der Waals surface area contributed by atoms with Crippen LogP contribution in [0.1, 0.15) is 35.3 Å². The number of hydrogen-bond donors (Lipinski definition) is 4. The van der Waals surface area contributed by atoms with Crippen molar-refractivity contribution in [3.8, 4) is 0 Å². The lowest BCUT2D eigenvalue weighted by atomic mass is 9.97. The van der Waals surface area contributed by atoms with Gasteiger partial charge in [0.15, 0.2) is 0 Å². The van der Waals surface area contributed by atoms with E-state index in [2.05, 4.69) is 20.9 Å². The average molecular weight is 408 g/mol. The third-order valence-corrected chi connectivity index (χ3v) is 5.55. The number of H-pyrrole nitrogens is 1. The number of anilines is 1. The number of aromatic amines is 1. The molecule has 0 bridgehead atoms. The summed E-state index contributed by atoms with van der Waals surface area (Å²) in [4.78, 5) is 29.0. The van der Waals surface area contributed by atoms with Crippen LogP contribution in [0, 0.1) is 12.7 Å². The Morgan fingerprint density at radius 2 is 1.93 bits per heavy atom. The predicted molar refractivity (Wildman–Crippen MR) is 115 cm³/mol. The number of aryl methyl sites for hydroxylation is 1. The molecule has 2 heterocycles. The minimum absolute atomic E-state index is 0.172. The summed E-state index contributed by atoms with van der Waals surface area (Å²) >= 11 is 0. The van der Waals surface area contributed by atoms with Crippen molar-refractivity contribution >= 4 is 28.4 Å². The fraction of sp³-hybridized carbons (Fsp3) is 0.304. The SMILES string of the molecule is Cc1ccc(F)c2cc(C(=O)NC(C(=O)Nc3ccccc3)C3CCCCN3)[nH]c12. The first-order valence-electron chi connectivity index (χ1n) is 10.2. The summed E-state index contributed by atoms with van der Waals surface area (Å²) in [7, 11) is 0. The second kappa shape index (κ2) is 8.67. The highest BCUT2D eigenvalue weighted by atomic mass is 19.1. The third kappa shape index (κ3) is 4.21. The number of hydrogen-bond acceptors (Lipinski definition) is 3. The molecule has 1 saturated heterocycles. The summed E-state index contributed by atoms with van der Waals surface area (Å²) in [6.45, 7) is 2.65. The highest BCUT2D eigenvalue weighted by Crippen LogP contribution is 2.22. The summed E-state index contributed by atoms with van der Waals surface area (Å²) in [5.74, 6) is -1.11. The van der Waals surface area contributed by atoms with Gasteiger partial charge in [-0.05, 0) is 56.1 Å². The first kappa shape index (κ1) is 20.1. The van der Waals surface area contributed by atoms with Crippen LogP contribution in [0.2, 0.25) is 0 Å². The monoisotopic (exact) mass is 408 g/mol. The topological polar surface area (TPSA) is 86.0 Å². The van der Waals surface area contributed by atoms with E-state index in [1.165, 1.54) is 12.1 Å². The Morgan fingerprint density at radius 1 is 1.13 bits per heavy atom. The van der Waals surface area contributed by atoms with Crippen LogP contribution in [0.25, 0.3) is 10.9 Å². The van der Waals surface area contributed by atoms with Gasteiger partial charge in [0.1, 0.15) is 17.6 Å². The Kier molecular flexibility index (Phi) is 5.81. The van der Waals surface area contributed by atoms with E-state index >= 15 is 0 Å². The Bertz CT molecular complexity index is 1020. The maximum absolute atomic E-state index is 14.1. The summed E-state index contributed by atoms with van der Waals surface area (Å²) < 4.78 is 14.1. The molecule has 0 spiro atoms. The van der Waals surface area contributed by atoms with Gasteiger partial charge in [0, 0.05) is 17.1 Å². The molecule has 6 nitrogen and oxygen atoms in total. The number of para-hydroxylation sites is 1. The molecule has 2 aromatic carbocycles. The smallest absolute Gasteiger partial charge is 0.268 e. The van der Waals surface area contributed by atoms with Gasteiger partial charge in [0.2, 0.25) is 5.91 Å². The van der Waals surface area contributed by atoms with Gasteiger partial charge in [0.25, 0.3) is 5.91 Å². The Morgan fingerprint density at radius 3 is 2.63 bits per heavy atom. The van der Waals surface area contributed by atoms with E-state index < -0.39 is 17.8 Å². The zero-order chi connectivity index (χ0) is 21.1. The molecule has 1 fully saturated rings. The number of carbonyl (C=O) groups is 2. The van der Waals surface area contributed by atoms with Crippen LogP contribution in [-0.2, 0) is 4.79 Å². The van der Waals surface area contributed by atoms with Crippen LogP contribution in [0.4, 0.5) is 10.1 Å². The molecule has 0 saturated carbocycles. The summed E-state index contributed by atoms with van der Waals surface area (Å²) in [6, 6.07) is 12.8. The quantitative estimate of drug-likeness (QED) is 0.521. The van der Waals surface area contributed by atoms with Crippen LogP contribution in [-0.4, -0.2) is 35.4 Å². The number of nitrogens with one attached hydrogen (secondary N) is 4. The van der Waals surface area contributed by atoms with Crippen LogP contribution < -0.4 is 16.0 Å². The number of fused-ring (bicyclic) bond motifs is 1. The number of aromatic nitrogens is 1. The van der Waals surface area contributed by atoms with Gasteiger partial charge in [0.05, 0.1) is 5.52 Å². The third-order valence-electron chi connectivity index (χ3n) is 5.55. The molecular weight excluding hydrogens is 383 g/mol. The fourth-order valence-corrected chi connectivity index (χ4v) is 3.92. The van der Waals surface area contributed by atoms with Crippen molar-refractivity contribution < 1.29 is 14.0 Å². The van der Waals surface area contributed by atoms with E-state index in [1.54, 1.807) is 18.2 Å². The van der Waals surface area contributed by atoms with Crippen molar-refractivity contribution in [2.24, 2.45) is 0 Å². The van der Waals surface area contributed by atoms with E-state index in [4.69, 9.17) is 0 Å². The maximum atomic E-state index is 14.1. The molecular formula is C23H25FN4O2. The second-order valence-corrected chi connectivity index (χ2v) is 7.70. The van der Waals surface area contributed by atoms with Crippen LogP contribution in [0.5, 0.6) is 0 Å². The number of halogens is 1. The molecule has 0 aliphatic carbocycles. The van der Waals surface area contributed by atoms with Crippen LogP contribution >= 0.6 is 0 Å². The first-order valence-corrected chi connectivity index (χ1v) is 10.2. The van der Waals surface area contributed by atoms with Crippen molar-refractivity contribution in [3.05, 3.63) is 65.6 Å². The maximum Gasteiger partial charge on any atom is 0.268 e. The molecule has 3 aromatic rings. The van der Waals surface area contributed by atoms with Crippen molar-refractivity contribution in [1.29, 1.82) is 0 Å². The van der Waals surface area contributed by atoms with Gasteiger partial charge in [-0.2, -0.15) is 0 Å². The zero-order valence-electron chi connectivity index (χ0n) is 16.8. The Hall–Kier alpha value is -3.19. The van der Waals surface area contributed by atoms with Crippen molar-refractivity contribution in [2.75, 3.05) is 11.9 Å². The fourth-order valence-electron chi connectivity index (χ4n) is 3.92. The first-order chi connectivity index (χ1) is 14.5. The number of rotatable bonds is 5. The molecule has 4 N–H and O–H groups in total. The van der Waals surface area contributed by atoms with E-state index in [9.17, 15) is 14.0 Å². The molecule has 2 amide bonds. The molecule has 2 unspecified atom stereocenters. The summed E-state index contributed by atoms with van der Waals surface area (Å²) in [5.41, 5.74) is 2.33. The highest BCUT2D eigenvalue weighted by Gasteiger charge is 2.31. The number of amides is 2. The van der Waals surface area contributed by atoms with Gasteiger partial charge in [-0.15, -0.1) is 0 Å². The Balaban J connectivity index is 1.57. The largest absolute Gasteiger partial charge is 0.350 e. The van der Waals surface area contributed by atoms with Gasteiger partial charge in [-0.1, -0.05) is 30.7 Å². The second-order valence-electron chi connectivity index (χ2n) is 7.70. The molecule has 156 valence electrons. The molecule has 1 aromatic heterocycles. The summed E-state index contributed by atoms with van der Waals surface area (Å²) in [5, 5.41) is 9.44. The van der Waals surface area contributed by atoms with E-state index in [0.29, 0.717) is 16.6 Å². The number of benzene rings is 2. The molecule has 4 rings (SSSR count). The van der Waals surface area contributed by atoms with Gasteiger partial charge < -0.3 is 20.9 Å². The van der Waals surface area contributed by atoms with E-state index in [-0.39, 0.29) is 17.6 Å². The summed E-state index contributed by atoms with van der Waals surface area (Å²) in [6.07, 6.45) is 2.81. The average Bonchev–Trinajstić information content (AvgIpc) is 3.23. The van der Waals surface area contributed by atoms with Crippen molar-refractivity contribution in [2.45, 2.75) is 38.3 Å². The Labute approximate surface area is 174 Å². The number of piperidine rings is 1. The number of carbonyl (C=O) groups excluding carboxylic acids is 2. The minimum Gasteiger partial charge on any atom is -0.350 e. The molecule has 0 radical (unpaired) electrons. The van der Waals surface area contributed by atoms with Crippen molar-refractivity contribution in [1.82, 2.24) is 15.6 Å². The lowest BCUT2D eigenvalue weighted by Gasteiger charge is -2.31. The van der Waals surface area contributed by atoms with E-state index in [1.807, 2.05) is 25.1 Å². The molecule has 30 heavy (non-hydrogen) atoms. The lowest BCUT2D eigenvalue weighted by Crippen LogP contribution is -2.57.